The van der Waals surface area contributed by atoms with E-state index in [1.54, 1.807) is 6.20 Å². The molecule has 0 unspecified atom stereocenters. The van der Waals surface area contributed by atoms with Gasteiger partial charge in [0, 0.05) is 11.3 Å². The van der Waals surface area contributed by atoms with Crippen molar-refractivity contribution in [1.82, 2.24) is 4.98 Å². The number of anilines is 1. The Morgan fingerprint density at radius 1 is 1.38 bits per heavy atom. The van der Waals surface area contributed by atoms with Crippen LogP contribution in [0.4, 0.5) is 6.01 Å². The molecule has 0 atom stereocenters. The minimum atomic E-state index is -0.379. The molecule has 2 rings (SSSR count). The Hall–Kier alpha value is -1.32. The molecule has 1 heterocycles. The number of rotatable bonds is 6. The van der Waals surface area contributed by atoms with Crippen molar-refractivity contribution in [2.75, 3.05) is 5.32 Å². The number of hydrogen-bond donors (Lipinski definition) is 1. The van der Waals surface area contributed by atoms with Crippen molar-refractivity contribution < 1.29 is 9.21 Å². The summed E-state index contributed by atoms with van der Waals surface area (Å²) >= 11 is 0. The highest BCUT2D eigenvalue weighted by molar-refractivity contribution is 5.93. The summed E-state index contributed by atoms with van der Waals surface area (Å²) in [5, 5.41) is 2.83. The van der Waals surface area contributed by atoms with E-state index in [1.165, 1.54) is 32.1 Å². The molecule has 1 aliphatic rings. The van der Waals surface area contributed by atoms with Crippen LogP contribution in [0.1, 0.15) is 83.8 Å². The summed E-state index contributed by atoms with van der Waals surface area (Å²) < 4.78 is 5.75. The normalized spacial score (nSPS) is 16.9. The molecular formula is C17H28N2O2. The van der Waals surface area contributed by atoms with E-state index in [0.717, 1.165) is 25.0 Å². The van der Waals surface area contributed by atoms with Crippen LogP contribution in [0.5, 0.6) is 0 Å². The molecule has 0 aromatic carbocycles. The molecule has 0 radical (unpaired) electrons. The van der Waals surface area contributed by atoms with Gasteiger partial charge in [0.05, 0.1) is 6.20 Å². The van der Waals surface area contributed by atoms with E-state index in [0.29, 0.717) is 11.9 Å². The smallest absolute Gasteiger partial charge is 0.301 e. The van der Waals surface area contributed by atoms with Gasteiger partial charge in [-0.3, -0.25) is 10.1 Å². The van der Waals surface area contributed by atoms with Crippen molar-refractivity contribution in [3.63, 3.8) is 0 Å². The predicted molar refractivity (Wildman–Crippen MR) is 84.3 cm³/mol. The van der Waals surface area contributed by atoms with Crippen LogP contribution in [0.2, 0.25) is 0 Å². The Kier molecular flexibility index (Phi) is 5.43. The third kappa shape index (κ3) is 4.32. The molecule has 0 bridgehead atoms. The fraction of sp³-hybridized carbons (Fsp3) is 0.765. The molecule has 1 aromatic heterocycles. The van der Waals surface area contributed by atoms with Gasteiger partial charge in [-0.1, -0.05) is 52.9 Å². The number of unbranched alkanes of at least 4 members (excludes halogenated alkanes) is 1. The average Bonchev–Trinajstić information content (AvgIpc) is 2.94. The molecule has 0 saturated heterocycles. The highest BCUT2D eigenvalue weighted by atomic mass is 16.4. The van der Waals surface area contributed by atoms with E-state index in [2.05, 4.69) is 17.2 Å². The fourth-order valence-electron chi connectivity index (χ4n) is 2.92. The Bertz CT molecular complexity index is 459. The van der Waals surface area contributed by atoms with Crippen LogP contribution in [0.15, 0.2) is 10.6 Å². The van der Waals surface area contributed by atoms with Crippen molar-refractivity contribution in [1.29, 1.82) is 0 Å². The highest BCUT2D eigenvalue weighted by Crippen LogP contribution is 2.34. The second-order valence-electron chi connectivity index (χ2n) is 6.84. The maximum atomic E-state index is 12.3. The van der Waals surface area contributed by atoms with Crippen LogP contribution in [0.25, 0.3) is 0 Å². The number of amides is 1. The molecule has 1 aliphatic carbocycles. The zero-order chi connectivity index (χ0) is 15.3. The van der Waals surface area contributed by atoms with E-state index in [9.17, 15) is 4.79 Å². The molecule has 1 N–H and O–H groups in total. The third-order valence-corrected chi connectivity index (χ3v) is 4.52. The second-order valence-corrected chi connectivity index (χ2v) is 6.84. The number of nitrogens with zero attached hydrogens (tertiary/aromatic N) is 1. The van der Waals surface area contributed by atoms with Crippen molar-refractivity contribution in [2.45, 2.75) is 78.1 Å². The highest BCUT2D eigenvalue weighted by Gasteiger charge is 2.28. The quantitative estimate of drug-likeness (QED) is 0.813. The average molecular weight is 292 g/mol. The Labute approximate surface area is 127 Å². The van der Waals surface area contributed by atoms with Crippen molar-refractivity contribution >= 4 is 11.9 Å². The van der Waals surface area contributed by atoms with Gasteiger partial charge in [-0.25, -0.2) is 4.98 Å². The zero-order valence-electron chi connectivity index (χ0n) is 13.6. The van der Waals surface area contributed by atoms with Crippen molar-refractivity contribution in [2.24, 2.45) is 5.41 Å². The molecule has 118 valence electrons. The number of hydrogen-bond acceptors (Lipinski definition) is 3. The van der Waals surface area contributed by atoms with E-state index in [4.69, 9.17) is 4.42 Å². The first-order valence-electron chi connectivity index (χ1n) is 8.30. The molecule has 1 aromatic rings. The number of oxazole rings is 1. The minimum absolute atomic E-state index is 0.00649. The van der Waals surface area contributed by atoms with Gasteiger partial charge in [0.15, 0.2) is 0 Å². The molecule has 1 saturated carbocycles. The Morgan fingerprint density at radius 2 is 2.10 bits per heavy atom. The zero-order valence-corrected chi connectivity index (χ0v) is 13.6. The largest absolute Gasteiger partial charge is 0.428 e. The first-order valence-corrected chi connectivity index (χ1v) is 8.30. The maximum Gasteiger partial charge on any atom is 0.301 e. The summed E-state index contributed by atoms with van der Waals surface area (Å²) in [6, 6.07) is 0.352. The summed E-state index contributed by atoms with van der Waals surface area (Å²) in [7, 11) is 0. The third-order valence-electron chi connectivity index (χ3n) is 4.52. The molecule has 1 amide bonds. The Balaban J connectivity index is 1.93. The standard InChI is InChI=1S/C17H28N2O2/c1-4-5-11-17(2,3)15(20)19-16-18-12-14(21-16)13-9-7-6-8-10-13/h12-13H,4-11H2,1-3H3,(H,18,19,20). The predicted octanol–water partition coefficient (Wildman–Crippen LogP) is 4.88. The second kappa shape index (κ2) is 7.10. The van der Waals surface area contributed by atoms with Gasteiger partial charge < -0.3 is 4.42 Å². The summed E-state index contributed by atoms with van der Waals surface area (Å²) in [5.74, 6) is 1.40. The first-order chi connectivity index (χ1) is 10.0. The lowest BCUT2D eigenvalue weighted by Gasteiger charge is -2.22. The molecule has 21 heavy (non-hydrogen) atoms. The van der Waals surface area contributed by atoms with Crippen LogP contribution < -0.4 is 5.32 Å². The van der Waals surface area contributed by atoms with Gasteiger partial charge in [0.25, 0.3) is 0 Å². The fourth-order valence-corrected chi connectivity index (χ4v) is 2.92. The molecule has 0 spiro atoms. The molecule has 0 aliphatic heterocycles. The van der Waals surface area contributed by atoms with E-state index < -0.39 is 0 Å². The lowest BCUT2D eigenvalue weighted by atomic mass is 9.86. The summed E-state index contributed by atoms with van der Waals surface area (Å²) in [4.78, 5) is 16.5. The van der Waals surface area contributed by atoms with Gasteiger partial charge in [-0.15, -0.1) is 0 Å². The number of nitrogens with one attached hydrogen (secondary N) is 1. The van der Waals surface area contributed by atoms with Crippen LogP contribution in [0, 0.1) is 5.41 Å². The van der Waals surface area contributed by atoms with Gasteiger partial charge in [-0.05, 0) is 19.3 Å². The van der Waals surface area contributed by atoms with Gasteiger partial charge in [-0.2, -0.15) is 0 Å². The molecule has 4 nitrogen and oxygen atoms in total. The summed E-state index contributed by atoms with van der Waals surface area (Å²) in [6.07, 6.45) is 11.0. The minimum Gasteiger partial charge on any atom is -0.428 e. The van der Waals surface area contributed by atoms with E-state index >= 15 is 0 Å². The maximum absolute atomic E-state index is 12.3. The van der Waals surface area contributed by atoms with Crippen LogP contribution >= 0.6 is 0 Å². The molecular weight excluding hydrogens is 264 g/mol. The number of aromatic nitrogens is 1. The summed E-state index contributed by atoms with van der Waals surface area (Å²) in [6.45, 7) is 6.09. The molecule has 4 heteroatoms. The van der Waals surface area contributed by atoms with Crippen molar-refractivity contribution in [3.05, 3.63) is 12.0 Å². The van der Waals surface area contributed by atoms with Crippen LogP contribution in [-0.2, 0) is 4.79 Å². The van der Waals surface area contributed by atoms with Gasteiger partial charge in [0.1, 0.15) is 5.76 Å². The lowest BCUT2D eigenvalue weighted by molar-refractivity contribution is -0.124. The van der Waals surface area contributed by atoms with Gasteiger partial charge >= 0.3 is 6.01 Å². The lowest BCUT2D eigenvalue weighted by Crippen LogP contribution is -2.30. The monoisotopic (exact) mass is 292 g/mol. The molecule has 1 fully saturated rings. The van der Waals surface area contributed by atoms with Crippen LogP contribution in [0.3, 0.4) is 0 Å². The van der Waals surface area contributed by atoms with E-state index in [-0.39, 0.29) is 11.3 Å². The first kappa shape index (κ1) is 16.1. The van der Waals surface area contributed by atoms with Gasteiger partial charge in [0.2, 0.25) is 5.91 Å². The van der Waals surface area contributed by atoms with Crippen molar-refractivity contribution in [3.8, 4) is 0 Å². The number of carbonyl (C=O) groups is 1. The summed E-state index contributed by atoms with van der Waals surface area (Å²) in [5.41, 5.74) is -0.379. The van der Waals surface area contributed by atoms with Crippen LogP contribution in [-0.4, -0.2) is 10.9 Å². The van der Waals surface area contributed by atoms with E-state index in [1.807, 2.05) is 13.8 Å². The number of carbonyl (C=O) groups excluding carboxylic acids is 1. The SMILES string of the molecule is CCCCC(C)(C)C(=O)Nc1ncc(C2CCCCC2)o1. The topological polar surface area (TPSA) is 55.1 Å². The Morgan fingerprint density at radius 3 is 2.76 bits per heavy atom.